The number of carbonyl (C=O) groups is 9. The lowest BCUT2D eigenvalue weighted by Gasteiger charge is -2.28. The van der Waals surface area contributed by atoms with Crippen molar-refractivity contribution in [2.45, 2.75) is 166 Å². The molecule has 1 aromatic carbocycles. The Bertz CT molecular complexity index is 1870. The predicted octanol–water partition coefficient (Wildman–Crippen LogP) is -2.55. The van der Waals surface area contributed by atoms with E-state index >= 15 is 0 Å². The highest BCUT2D eigenvalue weighted by Crippen LogP contribution is 2.12. The van der Waals surface area contributed by atoms with Crippen molar-refractivity contribution < 1.29 is 48.3 Å². The lowest BCUT2D eigenvalue weighted by atomic mass is 10.00. The van der Waals surface area contributed by atoms with Crippen molar-refractivity contribution in [3.05, 3.63) is 35.9 Å². The normalized spacial score (nSPS) is 22.9. The van der Waals surface area contributed by atoms with Crippen LogP contribution in [-0.2, 0) is 49.6 Å². The molecule has 1 aliphatic heterocycles. The fourth-order valence-corrected chi connectivity index (χ4v) is 8.04. The zero-order valence-electron chi connectivity index (χ0n) is 42.7. The Morgan fingerprint density at radius 3 is 1.53 bits per heavy atom. The van der Waals surface area contributed by atoms with Crippen molar-refractivity contribution in [1.82, 2.24) is 47.9 Å². The molecule has 0 unspecified atom stereocenters. The maximum Gasteiger partial charge on any atom is 0.243 e. The number of aliphatic hydroxyl groups excluding tert-OH is 1. The number of hydrogen-bond acceptors (Lipinski definition) is 14. The second-order valence-electron chi connectivity index (χ2n) is 19.1. The molecule has 8 atom stereocenters. The standard InChI is InChI=1S/C49H85N13O10/c1-30(2)27-38-42(65)54-25-20-37(59-43(66)33(16-21-50)55-41(64)15-11-6-5-7-12-26-63)47(70)57-36(19-24-53)46(69)62-40(29-32-13-9-8-10-14-32)49(72)61-39(28-31(3)4)48(71)58-34(17-22-51)44(67)56-35(18-23-52)45(68)60-38/h8-10,13-14,30-31,33-40,63H,5-7,11-12,15-29,50-53H2,1-4H3,(H,54,65)(H,55,64)(H,56,67)(H,57,70)(H,58,71)(H,59,66)(H,60,68)(H,61,72)(H,62,69)/t33-,34+,35+,36+,37+,38+,39+,40-/m1/s1. The number of aliphatic hydroxyl groups is 1. The predicted molar refractivity (Wildman–Crippen MR) is 272 cm³/mol. The summed E-state index contributed by atoms with van der Waals surface area (Å²) in [6.07, 6.45) is 3.47. The first-order valence-corrected chi connectivity index (χ1v) is 25.5. The summed E-state index contributed by atoms with van der Waals surface area (Å²) in [5.74, 6) is -6.74. The van der Waals surface area contributed by atoms with E-state index in [9.17, 15) is 43.2 Å². The van der Waals surface area contributed by atoms with E-state index in [1.54, 1.807) is 30.3 Å². The molecule has 0 bridgehead atoms. The number of benzene rings is 1. The molecule has 0 saturated carbocycles. The lowest BCUT2D eigenvalue weighted by Crippen LogP contribution is -2.61. The van der Waals surface area contributed by atoms with Gasteiger partial charge in [0.2, 0.25) is 53.2 Å². The average Bonchev–Trinajstić information content (AvgIpc) is 3.32. The summed E-state index contributed by atoms with van der Waals surface area (Å²) in [5, 5.41) is 33.3. The molecule has 18 N–H and O–H groups in total. The third-order valence-corrected chi connectivity index (χ3v) is 11.9. The largest absolute Gasteiger partial charge is 0.396 e. The SMILES string of the molecule is CC(C)C[C@@H]1NC(=O)[C@H](CCN)NC(=O)[C@H](CCN)NC(=O)[C@H](CC(C)C)NC(=O)[C@@H](Cc2ccccc2)NC(=O)[C@H](CCN)NC(=O)[C@@H](NC(=O)[C@@H](CCN)NC(=O)CCCCCCCO)CCNC1=O. The maximum atomic E-state index is 14.3. The van der Waals surface area contributed by atoms with Crippen LogP contribution in [-0.4, -0.2) is 146 Å². The van der Waals surface area contributed by atoms with Gasteiger partial charge in [0.15, 0.2) is 0 Å². The Kier molecular flexibility index (Phi) is 30.0. The zero-order valence-corrected chi connectivity index (χ0v) is 42.7. The van der Waals surface area contributed by atoms with Crippen LogP contribution in [0.2, 0.25) is 0 Å². The molecule has 23 heteroatoms. The summed E-state index contributed by atoms with van der Waals surface area (Å²) >= 11 is 0. The maximum absolute atomic E-state index is 14.3. The van der Waals surface area contributed by atoms with Gasteiger partial charge in [-0.05, 0) is 101 Å². The first kappa shape index (κ1) is 62.4. The minimum Gasteiger partial charge on any atom is -0.396 e. The molecule has 72 heavy (non-hydrogen) atoms. The molecule has 23 nitrogen and oxygen atoms in total. The highest BCUT2D eigenvalue weighted by Gasteiger charge is 2.35. The van der Waals surface area contributed by atoms with Crippen LogP contribution in [0.5, 0.6) is 0 Å². The van der Waals surface area contributed by atoms with E-state index in [0.29, 0.717) is 18.4 Å². The molecule has 0 aliphatic carbocycles. The van der Waals surface area contributed by atoms with Gasteiger partial charge in [-0.3, -0.25) is 43.2 Å². The molecule has 0 radical (unpaired) electrons. The third kappa shape index (κ3) is 23.7. The molecular weight excluding hydrogens is 931 g/mol. The number of nitrogens with one attached hydrogen (secondary N) is 9. The Hall–Kier alpha value is -5.75. The van der Waals surface area contributed by atoms with Gasteiger partial charge in [0.25, 0.3) is 0 Å². The third-order valence-electron chi connectivity index (χ3n) is 11.9. The van der Waals surface area contributed by atoms with Gasteiger partial charge in [-0.2, -0.15) is 0 Å². The fraction of sp³-hybridized carbons (Fsp3) is 0.694. The molecule has 1 aromatic rings. The first-order chi connectivity index (χ1) is 34.4. The highest BCUT2D eigenvalue weighted by molar-refractivity contribution is 5.98. The number of rotatable bonds is 24. The second kappa shape index (κ2) is 34.6. The molecule has 0 aromatic heterocycles. The summed E-state index contributed by atoms with van der Waals surface area (Å²) < 4.78 is 0. The van der Waals surface area contributed by atoms with Crippen molar-refractivity contribution in [3.8, 4) is 0 Å². The molecule has 9 amide bonds. The van der Waals surface area contributed by atoms with Crippen molar-refractivity contribution in [2.75, 3.05) is 39.3 Å². The Morgan fingerprint density at radius 1 is 0.583 bits per heavy atom. The van der Waals surface area contributed by atoms with Crippen molar-refractivity contribution in [3.63, 3.8) is 0 Å². The lowest BCUT2D eigenvalue weighted by molar-refractivity contribution is -0.136. The fourth-order valence-electron chi connectivity index (χ4n) is 8.04. The van der Waals surface area contributed by atoms with E-state index in [2.05, 4.69) is 47.9 Å². The molecule has 0 spiro atoms. The first-order valence-electron chi connectivity index (χ1n) is 25.5. The average molecular weight is 1020 g/mol. The van der Waals surface area contributed by atoms with Crippen LogP contribution < -0.4 is 70.8 Å². The molecule has 406 valence electrons. The smallest absolute Gasteiger partial charge is 0.243 e. The van der Waals surface area contributed by atoms with Crippen LogP contribution in [0.3, 0.4) is 0 Å². The van der Waals surface area contributed by atoms with E-state index in [1.165, 1.54) is 0 Å². The van der Waals surface area contributed by atoms with Gasteiger partial charge in [0.1, 0.15) is 48.3 Å². The van der Waals surface area contributed by atoms with Crippen LogP contribution in [0.15, 0.2) is 30.3 Å². The van der Waals surface area contributed by atoms with E-state index in [0.717, 1.165) is 19.3 Å². The molecule has 2 rings (SSSR count). The molecule has 1 saturated heterocycles. The minimum atomic E-state index is -1.43. The Morgan fingerprint density at radius 2 is 1.03 bits per heavy atom. The zero-order chi connectivity index (χ0) is 53.6. The van der Waals surface area contributed by atoms with Crippen molar-refractivity contribution in [1.29, 1.82) is 0 Å². The van der Waals surface area contributed by atoms with Crippen LogP contribution in [0, 0.1) is 11.8 Å². The number of hydrogen-bond donors (Lipinski definition) is 14. The van der Waals surface area contributed by atoms with E-state index in [4.69, 9.17) is 28.0 Å². The molecule has 1 fully saturated rings. The van der Waals surface area contributed by atoms with Gasteiger partial charge in [-0.1, -0.05) is 77.3 Å². The van der Waals surface area contributed by atoms with Crippen LogP contribution in [0.1, 0.15) is 117 Å². The second-order valence-corrected chi connectivity index (χ2v) is 19.1. The van der Waals surface area contributed by atoms with Gasteiger partial charge in [-0.25, -0.2) is 0 Å². The number of amides is 9. The van der Waals surface area contributed by atoms with Gasteiger partial charge in [0, 0.05) is 26.0 Å². The number of unbranched alkanes of at least 4 members (excludes halogenated alkanes) is 4. The van der Waals surface area contributed by atoms with Crippen LogP contribution in [0.25, 0.3) is 0 Å². The van der Waals surface area contributed by atoms with Crippen LogP contribution >= 0.6 is 0 Å². The van der Waals surface area contributed by atoms with E-state index in [-0.39, 0.29) is 109 Å². The topological polar surface area (TPSA) is 386 Å². The number of carbonyl (C=O) groups excluding carboxylic acids is 9. The monoisotopic (exact) mass is 1020 g/mol. The molecule has 1 aliphatic rings. The van der Waals surface area contributed by atoms with Crippen molar-refractivity contribution in [2.24, 2.45) is 34.8 Å². The summed E-state index contributed by atoms with van der Waals surface area (Å²) in [4.78, 5) is 126. The van der Waals surface area contributed by atoms with Gasteiger partial charge in [0.05, 0.1) is 0 Å². The molecular formula is C49H85N13O10. The number of nitrogens with two attached hydrogens (primary N) is 4. The molecule has 1 heterocycles. The van der Waals surface area contributed by atoms with Crippen LogP contribution in [0.4, 0.5) is 0 Å². The summed E-state index contributed by atoms with van der Waals surface area (Å²) in [7, 11) is 0. The highest BCUT2D eigenvalue weighted by atomic mass is 16.3. The Labute approximate surface area is 424 Å². The summed E-state index contributed by atoms with van der Waals surface area (Å²) in [6, 6.07) is -1.38. The minimum absolute atomic E-state index is 0.00113. The van der Waals surface area contributed by atoms with Crippen molar-refractivity contribution >= 4 is 53.2 Å². The Balaban J connectivity index is 2.68. The van der Waals surface area contributed by atoms with E-state index < -0.39 is 101 Å². The quantitative estimate of drug-likeness (QED) is 0.0475. The van der Waals surface area contributed by atoms with Gasteiger partial charge >= 0.3 is 0 Å². The van der Waals surface area contributed by atoms with Gasteiger partial charge < -0.3 is 75.9 Å². The van der Waals surface area contributed by atoms with E-state index in [1.807, 2.05) is 27.7 Å². The summed E-state index contributed by atoms with van der Waals surface area (Å²) in [5.41, 5.74) is 24.2. The summed E-state index contributed by atoms with van der Waals surface area (Å²) in [6.45, 7) is 6.99. The van der Waals surface area contributed by atoms with Gasteiger partial charge in [-0.15, -0.1) is 0 Å².